The van der Waals surface area contributed by atoms with Crippen LogP contribution in [0.25, 0.3) is 10.9 Å². The van der Waals surface area contributed by atoms with Crippen molar-refractivity contribution in [2.24, 2.45) is 5.84 Å². The molecule has 0 atom stereocenters. The maximum Gasteiger partial charge on any atom is 0.148 e. The van der Waals surface area contributed by atoms with E-state index in [1.165, 1.54) is 0 Å². The van der Waals surface area contributed by atoms with E-state index in [0.717, 1.165) is 22.3 Å². The number of hydrogen-bond donors (Lipinski definition) is 2. The quantitative estimate of drug-likeness (QED) is 0.654. The summed E-state index contributed by atoms with van der Waals surface area (Å²) < 4.78 is 10.7. The molecule has 0 radical (unpaired) electrons. The first-order chi connectivity index (χ1) is 9.10. The summed E-state index contributed by atoms with van der Waals surface area (Å²) in [5, 5.41) is 0.878. The zero-order valence-electron chi connectivity index (χ0n) is 11.7. The molecule has 0 amide bonds. The Morgan fingerprint density at radius 3 is 2.42 bits per heavy atom. The average Bonchev–Trinajstić information content (AvgIpc) is 2.44. The van der Waals surface area contributed by atoms with E-state index < -0.39 is 0 Å². The lowest BCUT2D eigenvalue weighted by Crippen LogP contribution is -2.09. The Morgan fingerprint density at radius 1 is 1.16 bits per heavy atom. The van der Waals surface area contributed by atoms with E-state index in [1.54, 1.807) is 14.2 Å². The Kier molecular flexibility index (Phi) is 3.76. The van der Waals surface area contributed by atoms with Gasteiger partial charge in [0.2, 0.25) is 0 Å². The lowest BCUT2D eigenvalue weighted by Gasteiger charge is -2.14. The van der Waals surface area contributed by atoms with Gasteiger partial charge in [-0.15, -0.1) is 0 Å². The lowest BCUT2D eigenvalue weighted by atomic mass is 10.1. The van der Waals surface area contributed by atoms with E-state index in [0.29, 0.717) is 17.4 Å². The van der Waals surface area contributed by atoms with E-state index in [1.807, 2.05) is 18.2 Å². The number of anilines is 1. The highest BCUT2D eigenvalue weighted by Gasteiger charge is 2.13. The Bertz CT molecular complexity index is 597. The smallest absolute Gasteiger partial charge is 0.148 e. The highest BCUT2D eigenvalue weighted by molar-refractivity contribution is 5.96. The number of methoxy groups -OCH3 is 2. The first-order valence-electron chi connectivity index (χ1n) is 6.14. The van der Waals surface area contributed by atoms with Crippen LogP contribution in [0.5, 0.6) is 11.5 Å². The van der Waals surface area contributed by atoms with Crippen LogP contribution in [0, 0.1) is 0 Å². The van der Waals surface area contributed by atoms with Crippen molar-refractivity contribution in [2.75, 3.05) is 19.6 Å². The molecule has 0 aliphatic carbocycles. The van der Waals surface area contributed by atoms with Gasteiger partial charge < -0.3 is 14.9 Å². The first-order valence-corrected chi connectivity index (χ1v) is 6.14. The van der Waals surface area contributed by atoms with Crippen LogP contribution in [0.4, 0.5) is 5.69 Å². The largest absolute Gasteiger partial charge is 0.497 e. The topological polar surface area (TPSA) is 69.4 Å². The van der Waals surface area contributed by atoms with E-state index in [9.17, 15) is 0 Å². The fourth-order valence-corrected chi connectivity index (χ4v) is 1.98. The molecular weight excluding hydrogens is 242 g/mol. The van der Waals surface area contributed by atoms with Gasteiger partial charge >= 0.3 is 0 Å². The molecule has 0 bridgehead atoms. The third kappa shape index (κ3) is 2.42. The SMILES string of the molecule is COc1cc(OC)c2nc(C(C)C)cc(NN)c2c1. The summed E-state index contributed by atoms with van der Waals surface area (Å²) >= 11 is 0. The minimum absolute atomic E-state index is 0.309. The molecule has 102 valence electrons. The molecule has 19 heavy (non-hydrogen) atoms. The normalized spacial score (nSPS) is 10.8. The predicted octanol–water partition coefficient (Wildman–Crippen LogP) is 2.66. The summed E-state index contributed by atoms with van der Waals surface area (Å²) in [4.78, 5) is 4.65. The van der Waals surface area contributed by atoms with Gasteiger partial charge in [0, 0.05) is 17.1 Å². The molecule has 2 aromatic rings. The fourth-order valence-electron chi connectivity index (χ4n) is 1.98. The molecule has 0 saturated heterocycles. The summed E-state index contributed by atoms with van der Waals surface area (Å²) in [6.45, 7) is 4.18. The van der Waals surface area contributed by atoms with Crippen molar-refractivity contribution in [3.8, 4) is 11.5 Å². The van der Waals surface area contributed by atoms with E-state index in [-0.39, 0.29) is 0 Å². The number of nitrogen functional groups attached to an aromatic ring is 1. The molecular formula is C14H19N3O2. The maximum absolute atomic E-state index is 5.61. The van der Waals surface area contributed by atoms with Gasteiger partial charge in [0.05, 0.1) is 19.9 Å². The zero-order chi connectivity index (χ0) is 14.0. The van der Waals surface area contributed by atoms with E-state index in [2.05, 4.69) is 24.3 Å². The minimum Gasteiger partial charge on any atom is -0.497 e. The molecule has 1 aromatic heterocycles. The van der Waals surface area contributed by atoms with Gasteiger partial charge in [-0.05, 0) is 18.1 Å². The van der Waals surface area contributed by atoms with Crippen molar-refractivity contribution >= 4 is 16.6 Å². The second-order valence-corrected chi connectivity index (χ2v) is 4.62. The second kappa shape index (κ2) is 5.32. The number of aromatic nitrogens is 1. The monoisotopic (exact) mass is 261 g/mol. The van der Waals surface area contributed by atoms with Crippen molar-refractivity contribution < 1.29 is 9.47 Å². The molecule has 0 aliphatic rings. The molecule has 0 unspecified atom stereocenters. The number of rotatable bonds is 4. The Balaban J connectivity index is 2.80. The molecule has 0 fully saturated rings. The molecule has 1 aromatic carbocycles. The highest BCUT2D eigenvalue weighted by Crippen LogP contribution is 2.35. The van der Waals surface area contributed by atoms with Crippen LogP contribution in [-0.2, 0) is 0 Å². The van der Waals surface area contributed by atoms with Gasteiger partial charge in [-0.3, -0.25) is 5.84 Å². The average molecular weight is 261 g/mol. The molecule has 5 heteroatoms. The highest BCUT2D eigenvalue weighted by atomic mass is 16.5. The van der Waals surface area contributed by atoms with Crippen LogP contribution in [0.1, 0.15) is 25.5 Å². The van der Waals surface area contributed by atoms with Gasteiger partial charge in [0.25, 0.3) is 0 Å². The Labute approximate surface area is 112 Å². The molecule has 1 heterocycles. The number of fused-ring (bicyclic) bond motifs is 1. The predicted molar refractivity (Wildman–Crippen MR) is 76.7 cm³/mol. The summed E-state index contributed by atoms with van der Waals surface area (Å²) in [7, 11) is 3.24. The number of nitrogens with one attached hydrogen (secondary N) is 1. The molecule has 0 aliphatic heterocycles. The van der Waals surface area contributed by atoms with Gasteiger partial charge in [-0.25, -0.2) is 4.98 Å². The van der Waals surface area contributed by atoms with Crippen LogP contribution >= 0.6 is 0 Å². The van der Waals surface area contributed by atoms with Crippen molar-refractivity contribution in [3.63, 3.8) is 0 Å². The first kappa shape index (κ1) is 13.4. The summed E-state index contributed by atoms with van der Waals surface area (Å²) in [6.07, 6.45) is 0. The standard InChI is InChI=1S/C14H19N3O2/c1-8(2)11-7-12(17-15)10-5-9(18-3)6-13(19-4)14(10)16-11/h5-8H,15H2,1-4H3,(H,16,17). The zero-order valence-corrected chi connectivity index (χ0v) is 11.7. The van der Waals surface area contributed by atoms with Gasteiger partial charge in [0.1, 0.15) is 17.0 Å². The second-order valence-electron chi connectivity index (χ2n) is 4.62. The number of ether oxygens (including phenoxy) is 2. The van der Waals surface area contributed by atoms with Crippen LogP contribution in [0.2, 0.25) is 0 Å². The maximum atomic E-state index is 5.61. The Hall–Kier alpha value is -2.01. The fraction of sp³-hybridized carbons (Fsp3) is 0.357. The number of nitrogens with zero attached hydrogens (tertiary/aromatic N) is 1. The number of hydrazine groups is 1. The molecule has 0 saturated carbocycles. The number of nitrogens with two attached hydrogens (primary N) is 1. The van der Waals surface area contributed by atoms with E-state index in [4.69, 9.17) is 15.3 Å². The Morgan fingerprint density at radius 2 is 1.89 bits per heavy atom. The van der Waals surface area contributed by atoms with Crippen molar-refractivity contribution in [1.29, 1.82) is 0 Å². The summed E-state index contributed by atoms with van der Waals surface area (Å²) in [5.41, 5.74) is 5.27. The van der Waals surface area contributed by atoms with Crippen LogP contribution < -0.4 is 20.7 Å². The molecule has 3 N–H and O–H groups in total. The number of benzene rings is 1. The number of pyridine rings is 1. The summed E-state index contributed by atoms with van der Waals surface area (Å²) in [6, 6.07) is 5.66. The minimum atomic E-state index is 0.309. The van der Waals surface area contributed by atoms with Gasteiger partial charge in [-0.2, -0.15) is 0 Å². The van der Waals surface area contributed by atoms with Crippen molar-refractivity contribution in [2.45, 2.75) is 19.8 Å². The van der Waals surface area contributed by atoms with Gasteiger partial charge in [0.15, 0.2) is 0 Å². The molecule has 2 rings (SSSR count). The third-order valence-electron chi connectivity index (χ3n) is 3.07. The number of hydrogen-bond acceptors (Lipinski definition) is 5. The van der Waals surface area contributed by atoms with Crippen LogP contribution in [0.3, 0.4) is 0 Å². The van der Waals surface area contributed by atoms with Crippen LogP contribution in [-0.4, -0.2) is 19.2 Å². The lowest BCUT2D eigenvalue weighted by molar-refractivity contribution is 0.397. The van der Waals surface area contributed by atoms with Gasteiger partial charge in [-0.1, -0.05) is 13.8 Å². The third-order valence-corrected chi connectivity index (χ3v) is 3.07. The van der Waals surface area contributed by atoms with Crippen molar-refractivity contribution in [1.82, 2.24) is 4.98 Å². The van der Waals surface area contributed by atoms with E-state index >= 15 is 0 Å². The molecule has 5 nitrogen and oxygen atoms in total. The summed E-state index contributed by atoms with van der Waals surface area (Å²) in [5.74, 6) is 7.30. The van der Waals surface area contributed by atoms with Crippen molar-refractivity contribution in [3.05, 3.63) is 23.9 Å². The van der Waals surface area contributed by atoms with Crippen LogP contribution in [0.15, 0.2) is 18.2 Å². The molecule has 0 spiro atoms.